The average Bonchev–Trinajstić information content (AvgIpc) is 3.34. The van der Waals surface area contributed by atoms with Gasteiger partial charge in [0.25, 0.3) is 5.56 Å². The standard InChI is InChI=1S/C22H32N4O4/c1-13(2)15-8-18-21(28)26(12-19(27)24(5)16-9-22(4,29)10-16)23-20(25(18)11-15)14(3)30-17-6-7-17/h8,11,13-14,16-17,29H,6-7,9-10,12H2,1-5H3. The van der Waals surface area contributed by atoms with Gasteiger partial charge in [-0.25, -0.2) is 4.68 Å². The van der Waals surface area contributed by atoms with Gasteiger partial charge in [0, 0.05) is 19.3 Å². The molecule has 2 aromatic heterocycles. The number of carbonyl (C=O) groups excluding carboxylic acids is 1. The Morgan fingerprint density at radius 2 is 2.03 bits per heavy atom. The number of ether oxygens (including phenoxy) is 1. The number of aliphatic hydroxyl groups is 1. The maximum Gasteiger partial charge on any atom is 0.291 e. The summed E-state index contributed by atoms with van der Waals surface area (Å²) in [7, 11) is 1.72. The minimum atomic E-state index is -0.713. The first-order valence-electron chi connectivity index (χ1n) is 10.8. The van der Waals surface area contributed by atoms with Crippen LogP contribution in [0.1, 0.15) is 76.8 Å². The second-order valence-electron chi connectivity index (χ2n) is 9.55. The quantitative estimate of drug-likeness (QED) is 0.748. The Bertz CT molecular complexity index is 1010. The van der Waals surface area contributed by atoms with Crippen molar-refractivity contribution in [3.63, 3.8) is 0 Å². The lowest BCUT2D eigenvalue weighted by molar-refractivity contribution is -0.141. The highest BCUT2D eigenvalue weighted by Crippen LogP contribution is 2.35. The predicted octanol–water partition coefficient (Wildman–Crippen LogP) is 2.23. The van der Waals surface area contributed by atoms with Gasteiger partial charge in [-0.05, 0) is 57.1 Å². The van der Waals surface area contributed by atoms with E-state index in [0.717, 1.165) is 18.4 Å². The van der Waals surface area contributed by atoms with Crippen molar-refractivity contribution in [2.24, 2.45) is 0 Å². The molecule has 2 heterocycles. The fourth-order valence-electron chi connectivity index (χ4n) is 4.11. The lowest BCUT2D eigenvalue weighted by Crippen LogP contribution is -2.54. The fraction of sp³-hybridized carbons (Fsp3) is 0.682. The van der Waals surface area contributed by atoms with Crippen LogP contribution in [0.2, 0.25) is 0 Å². The molecular weight excluding hydrogens is 384 g/mol. The van der Waals surface area contributed by atoms with Crippen LogP contribution >= 0.6 is 0 Å². The molecule has 2 saturated carbocycles. The van der Waals surface area contributed by atoms with Gasteiger partial charge in [0.2, 0.25) is 5.91 Å². The van der Waals surface area contributed by atoms with E-state index in [9.17, 15) is 14.7 Å². The summed E-state index contributed by atoms with van der Waals surface area (Å²) in [6.07, 6.45) is 5.10. The molecule has 0 aromatic carbocycles. The summed E-state index contributed by atoms with van der Waals surface area (Å²) in [5.41, 5.74) is 0.560. The van der Waals surface area contributed by atoms with Crippen LogP contribution in [0.5, 0.6) is 0 Å². The summed E-state index contributed by atoms with van der Waals surface area (Å²) in [5.74, 6) is 0.710. The zero-order chi connectivity index (χ0) is 21.8. The average molecular weight is 417 g/mol. The topological polar surface area (TPSA) is 89.1 Å². The van der Waals surface area contributed by atoms with E-state index >= 15 is 0 Å². The normalized spacial score (nSPS) is 24.8. The summed E-state index contributed by atoms with van der Waals surface area (Å²) < 4.78 is 9.12. The summed E-state index contributed by atoms with van der Waals surface area (Å²) >= 11 is 0. The SMILES string of the molecule is CC(C)c1cc2c(=O)n(CC(=O)N(C)C3CC(C)(O)C3)nc(C(C)OC3CC3)n2c1. The van der Waals surface area contributed by atoms with E-state index in [1.165, 1.54) is 4.68 Å². The molecular formula is C22H32N4O4. The van der Waals surface area contributed by atoms with Gasteiger partial charge < -0.3 is 14.7 Å². The van der Waals surface area contributed by atoms with Crippen molar-refractivity contribution >= 4 is 11.4 Å². The summed E-state index contributed by atoms with van der Waals surface area (Å²) in [4.78, 5) is 27.6. The molecule has 0 saturated heterocycles. The van der Waals surface area contributed by atoms with Gasteiger partial charge in [0.1, 0.15) is 18.2 Å². The molecule has 1 atom stereocenters. The third kappa shape index (κ3) is 4.03. The van der Waals surface area contributed by atoms with E-state index in [-0.39, 0.29) is 42.2 Å². The Morgan fingerprint density at radius 3 is 2.60 bits per heavy atom. The first-order chi connectivity index (χ1) is 14.1. The van der Waals surface area contributed by atoms with Gasteiger partial charge >= 0.3 is 0 Å². The molecule has 1 amide bonds. The zero-order valence-electron chi connectivity index (χ0n) is 18.5. The Kier molecular flexibility index (Phi) is 5.26. The number of likely N-dealkylation sites (N-methyl/N-ethyl adjacent to an activating group) is 1. The van der Waals surface area contributed by atoms with Crippen LogP contribution in [-0.2, 0) is 16.1 Å². The van der Waals surface area contributed by atoms with E-state index in [1.54, 1.807) is 18.9 Å². The molecule has 0 spiro atoms. The number of carbonyl (C=O) groups is 1. The molecule has 2 aromatic rings. The van der Waals surface area contributed by atoms with Crippen LogP contribution in [0.4, 0.5) is 0 Å². The van der Waals surface area contributed by atoms with Crippen LogP contribution in [0.15, 0.2) is 17.1 Å². The molecule has 1 unspecified atom stereocenters. The molecule has 0 aliphatic heterocycles. The fourth-order valence-corrected chi connectivity index (χ4v) is 4.11. The van der Waals surface area contributed by atoms with Crippen LogP contribution in [0.25, 0.3) is 5.52 Å². The van der Waals surface area contributed by atoms with Crippen LogP contribution in [0.3, 0.4) is 0 Å². The highest BCUT2D eigenvalue weighted by Gasteiger charge is 2.42. The van der Waals surface area contributed by atoms with E-state index < -0.39 is 5.60 Å². The summed E-state index contributed by atoms with van der Waals surface area (Å²) in [6, 6.07) is 1.87. The van der Waals surface area contributed by atoms with Crippen molar-refractivity contribution in [2.75, 3.05) is 7.05 Å². The third-order valence-electron chi connectivity index (χ3n) is 6.29. The molecule has 0 radical (unpaired) electrons. The molecule has 2 aliphatic carbocycles. The number of nitrogens with zero attached hydrogens (tertiary/aromatic N) is 4. The highest BCUT2D eigenvalue weighted by molar-refractivity contribution is 5.76. The van der Waals surface area contributed by atoms with Crippen molar-refractivity contribution in [1.82, 2.24) is 19.1 Å². The minimum Gasteiger partial charge on any atom is -0.390 e. The zero-order valence-corrected chi connectivity index (χ0v) is 18.5. The van der Waals surface area contributed by atoms with E-state index in [0.29, 0.717) is 24.2 Å². The maximum atomic E-state index is 13.1. The number of aromatic nitrogens is 3. The molecule has 164 valence electrons. The van der Waals surface area contributed by atoms with Crippen LogP contribution < -0.4 is 5.56 Å². The number of amides is 1. The number of hydrogen-bond donors (Lipinski definition) is 1. The smallest absolute Gasteiger partial charge is 0.291 e. The van der Waals surface area contributed by atoms with Gasteiger partial charge in [0.05, 0.1) is 11.7 Å². The van der Waals surface area contributed by atoms with Crippen molar-refractivity contribution in [1.29, 1.82) is 0 Å². The van der Waals surface area contributed by atoms with Crippen molar-refractivity contribution in [2.45, 2.75) is 89.7 Å². The van der Waals surface area contributed by atoms with E-state index in [1.807, 2.05) is 23.6 Å². The van der Waals surface area contributed by atoms with Gasteiger partial charge in [0.15, 0.2) is 5.82 Å². The lowest BCUT2D eigenvalue weighted by atomic mass is 9.76. The predicted molar refractivity (Wildman–Crippen MR) is 112 cm³/mol. The monoisotopic (exact) mass is 416 g/mol. The maximum absolute atomic E-state index is 13.1. The molecule has 30 heavy (non-hydrogen) atoms. The molecule has 4 rings (SSSR count). The second-order valence-corrected chi connectivity index (χ2v) is 9.55. The lowest BCUT2D eigenvalue weighted by Gasteiger charge is -2.45. The first kappa shape index (κ1) is 21.1. The van der Waals surface area contributed by atoms with Gasteiger partial charge in [-0.2, -0.15) is 5.10 Å². The Morgan fingerprint density at radius 1 is 1.37 bits per heavy atom. The van der Waals surface area contributed by atoms with E-state index in [4.69, 9.17) is 4.74 Å². The first-order valence-corrected chi connectivity index (χ1v) is 10.8. The summed E-state index contributed by atoms with van der Waals surface area (Å²) in [6.45, 7) is 7.74. The van der Waals surface area contributed by atoms with Gasteiger partial charge in [-0.3, -0.25) is 14.0 Å². The second kappa shape index (κ2) is 7.50. The number of fused-ring (bicyclic) bond motifs is 1. The molecule has 0 bridgehead atoms. The minimum absolute atomic E-state index is 0.00984. The largest absolute Gasteiger partial charge is 0.390 e. The third-order valence-corrected chi connectivity index (χ3v) is 6.29. The Hall–Kier alpha value is -2.19. The highest BCUT2D eigenvalue weighted by atomic mass is 16.5. The Balaban J connectivity index is 1.65. The summed E-state index contributed by atoms with van der Waals surface area (Å²) in [5, 5.41) is 14.5. The Labute approximate surface area is 176 Å². The molecule has 8 nitrogen and oxygen atoms in total. The molecule has 2 fully saturated rings. The van der Waals surface area contributed by atoms with Crippen LogP contribution in [-0.4, -0.2) is 54.9 Å². The van der Waals surface area contributed by atoms with Crippen LogP contribution in [0, 0.1) is 0 Å². The number of rotatable bonds is 7. The molecule has 8 heteroatoms. The number of hydrogen-bond acceptors (Lipinski definition) is 5. The van der Waals surface area contributed by atoms with Gasteiger partial charge in [-0.15, -0.1) is 0 Å². The van der Waals surface area contributed by atoms with Gasteiger partial charge in [-0.1, -0.05) is 13.8 Å². The van der Waals surface area contributed by atoms with Crippen molar-refractivity contribution < 1.29 is 14.6 Å². The van der Waals surface area contributed by atoms with E-state index in [2.05, 4.69) is 18.9 Å². The molecule has 2 aliphatic rings. The molecule has 1 N–H and O–H groups in total. The van der Waals surface area contributed by atoms with Crippen molar-refractivity contribution in [3.8, 4) is 0 Å². The van der Waals surface area contributed by atoms with Crippen molar-refractivity contribution in [3.05, 3.63) is 34.0 Å².